The molecule has 1 amide bonds. The van der Waals surface area contributed by atoms with Crippen LogP contribution in [0.4, 0.5) is 13.2 Å². The molecular formula is C15H19F3N4OS. The maximum absolute atomic E-state index is 12.8. The number of pyridine rings is 1. The first-order chi connectivity index (χ1) is 11.0. The van der Waals surface area contributed by atoms with E-state index in [1.165, 1.54) is 10.5 Å². The molecule has 1 atom stereocenters. The fraction of sp³-hybridized carbons (Fsp3) is 0.533. The lowest BCUT2D eigenvalue weighted by Crippen LogP contribution is -2.46. The first-order valence-electron chi connectivity index (χ1n) is 7.44. The Balaban J connectivity index is 2.22. The van der Waals surface area contributed by atoms with Crippen LogP contribution in [0.15, 0.2) is 23.5 Å². The Bertz CT molecular complexity index is 742. The van der Waals surface area contributed by atoms with E-state index in [0.717, 1.165) is 30.4 Å². The standard InChI is InChI=1S/C15H19F3N4OS/c1-5-14(3,4)19-12(23)9(2)24-13-21-20-11-7-6-10(8-22(11)13)15(16,17)18/h6-9H,5H2,1-4H3,(H,19,23). The minimum Gasteiger partial charge on any atom is -0.350 e. The second-order valence-corrected chi connectivity index (χ2v) is 7.42. The van der Waals surface area contributed by atoms with E-state index in [1.54, 1.807) is 6.92 Å². The smallest absolute Gasteiger partial charge is 0.350 e. The van der Waals surface area contributed by atoms with Crippen molar-refractivity contribution >= 4 is 23.3 Å². The Morgan fingerprint density at radius 1 is 1.33 bits per heavy atom. The molecular weight excluding hydrogens is 341 g/mol. The fourth-order valence-corrected chi connectivity index (χ4v) is 2.68. The van der Waals surface area contributed by atoms with Crippen molar-refractivity contribution in [1.82, 2.24) is 19.9 Å². The van der Waals surface area contributed by atoms with Crippen LogP contribution in [0.3, 0.4) is 0 Å². The Morgan fingerprint density at radius 2 is 2.00 bits per heavy atom. The molecule has 0 radical (unpaired) electrons. The topological polar surface area (TPSA) is 59.3 Å². The molecule has 1 N–H and O–H groups in total. The highest BCUT2D eigenvalue weighted by molar-refractivity contribution is 8.00. The molecule has 0 aliphatic heterocycles. The molecule has 0 saturated carbocycles. The zero-order valence-corrected chi connectivity index (χ0v) is 14.6. The Kier molecular flexibility index (Phi) is 5.12. The summed E-state index contributed by atoms with van der Waals surface area (Å²) in [4.78, 5) is 12.2. The van der Waals surface area contributed by atoms with Crippen LogP contribution in [-0.4, -0.2) is 31.3 Å². The van der Waals surface area contributed by atoms with Crippen molar-refractivity contribution in [2.24, 2.45) is 0 Å². The first kappa shape index (κ1) is 18.6. The maximum Gasteiger partial charge on any atom is 0.417 e. The summed E-state index contributed by atoms with van der Waals surface area (Å²) in [5.74, 6) is -0.199. The van der Waals surface area contributed by atoms with Crippen molar-refractivity contribution in [3.05, 3.63) is 23.9 Å². The summed E-state index contributed by atoms with van der Waals surface area (Å²) in [6.45, 7) is 7.46. The fourth-order valence-electron chi connectivity index (χ4n) is 1.85. The monoisotopic (exact) mass is 360 g/mol. The largest absolute Gasteiger partial charge is 0.417 e. The summed E-state index contributed by atoms with van der Waals surface area (Å²) < 4.78 is 39.8. The van der Waals surface area contributed by atoms with Gasteiger partial charge in [0.25, 0.3) is 0 Å². The van der Waals surface area contributed by atoms with Crippen LogP contribution in [0.5, 0.6) is 0 Å². The van der Waals surface area contributed by atoms with E-state index in [9.17, 15) is 18.0 Å². The predicted octanol–water partition coefficient (Wildman–Crippen LogP) is 3.53. The lowest BCUT2D eigenvalue weighted by molar-refractivity contribution is -0.137. The molecule has 0 saturated heterocycles. The van der Waals surface area contributed by atoms with E-state index in [4.69, 9.17) is 0 Å². The van der Waals surface area contributed by atoms with Gasteiger partial charge < -0.3 is 5.32 Å². The van der Waals surface area contributed by atoms with Crippen molar-refractivity contribution in [2.45, 2.75) is 56.2 Å². The Hall–Kier alpha value is -1.77. The highest BCUT2D eigenvalue weighted by atomic mass is 32.2. The van der Waals surface area contributed by atoms with Gasteiger partial charge in [0.15, 0.2) is 10.8 Å². The number of alkyl halides is 3. The second kappa shape index (κ2) is 6.62. The van der Waals surface area contributed by atoms with Crippen LogP contribution in [0.1, 0.15) is 39.7 Å². The van der Waals surface area contributed by atoms with E-state index in [1.807, 2.05) is 20.8 Å². The van der Waals surface area contributed by atoms with E-state index in [0.29, 0.717) is 5.65 Å². The molecule has 5 nitrogen and oxygen atoms in total. The lowest BCUT2D eigenvalue weighted by Gasteiger charge is -2.26. The molecule has 2 rings (SSSR count). The van der Waals surface area contributed by atoms with Crippen molar-refractivity contribution in [1.29, 1.82) is 0 Å². The molecule has 0 aromatic carbocycles. The van der Waals surface area contributed by atoms with E-state index >= 15 is 0 Å². The van der Waals surface area contributed by atoms with Crippen LogP contribution >= 0.6 is 11.8 Å². The van der Waals surface area contributed by atoms with Gasteiger partial charge in [0.2, 0.25) is 5.91 Å². The lowest BCUT2D eigenvalue weighted by atomic mass is 10.0. The number of nitrogens with one attached hydrogen (secondary N) is 1. The molecule has 9 heteroatoms. The van der Waals surface area contributed by atoms with E-state index in [-0.39, 0.29) is 16.6 Å². The molecule has 132 valence electrons. The maximum atomic E-state index is 12.8. The SMILES string of the molecule is CCC(C)(C)NC(=O)C(C)Sc1nnc2ccc(C(F)(F)F)cn12. The number of aromatic nitrogens is 3. The summed E-state index contributed by atoms with van der Waals surface area (Å²) in [6, 6.07) is 2.21. The molecule has 0 aliphatic carbocycles. The number of carbonyl (C=O) groups excluding carboxylic acids is 1. The number of nitrogens with zero attached hydrogens (tertiary/aromatic N) is 3. The summed E-state index contributed by atoms with van der Waals surface area (Å²) >= 11 is 1.07. The molecule has 24 heavy (non-hydrogen) atoms. The number of hydrogen-bond acceptors (Lipinski definition) is 4. The van der Waals surface area contributed by atoms with Crippen molar-refractivity contribution in [3.63, 3.8) is 0 Å². The summed E-state index contributed by atoms with van der Waals surface area (Å²) in [7, 11) is 0. The molecule has 2 aromatic heterocycles. The molecule has 2 aromatic rings. The van der Waals surface area contributed by atoms with Crippen LogP contribution in [0.2, 0.25) is 0 Å². The minimum absolute atomic E-state index is 0.199. The highest BCUT2D eigenvalue weighted by Crippen LogP contribution is 2.30. The van der Waals surface area contributed by atoms with Gasteiger partial charge in [-0.25, -0.2) is 0 Å². The zero-order chi connectivity index (χ0) is 18.1. The van der Waals surface area contributed by atoms with Gasteiger partial charge in [-0.1, -0.05) is 18.7 Å². The third kappa shape index (κ3) is 4.19. The Morgan fingerprint density at radius 3 is 2.58 bits per heavy atom. The number of carbonyl (C=O) groups is 1. The number of hydrogen-bond donors (Lipinski definition) is 1. The summed E-state index contributed by atoms with van der Waals surface area (Å²) in [5.41, 5.74) is -0.838. The third-order valence-corrected chi connectivity index (χ3v) is 4.75. The number of rotatable bonds is 5. The molecule has 0 spiro atoms. The average Bonchev–Trinajstić information content (AvgIpc) is 2.88. The van der Waals surface area contributed by atoms with Gasteiger partial charge in [-0.3, -0.25) is 9.20 Å². The number of thioether (sulfide) groups is 1. The van der Waals surface area contributed by atoms with Gasteiger partial charge >= 0.3 is 6.18 Å². The van der Waals surface area contributed by atoms with Crippen LogP contribution < -0.4 is 5.32 Å². The van der Waals surface area contributed by atoms with Crippen molar-refractivity contribution in [3.8, 4) is 0 Å². The normalized spacial score (nSPS) is 14.0. The second-order valence-electron chi connectivity index (χ2n) is 6.11. The van der Waals surface area contributed by atoms with Gasteiger partial charge in [-0.15, -0.1) is 10.2 Å². The van der Waals surface area contributed by atoms with Gasteiger partial charge in [0.1, 0.15) is 0 Å². The highest BCUT2D eigenvalue weighted by Gasteiger charge is 2.31. The molecule has 1 unspecified atom stereocenters. The first-order valence-corrected chi connectivity index (χ1v) is 8.32. The quantitative estimate of drug-likeness (QED) is 0.829. The van der Waals surface area contributed by atoms with Crippen LogP contribution in [0.25, 0.3) is 5.65 Å². The van der Waals surface area contributed by atoms with Crippen LogP contribution in [0, 0.1) is 0 Å². The summed E-state index contributed by atoms with van der Waals surface area (Å²) in [6.07, 6.45) is -2.74. The van der Waals surface area contributed by atoms with Crippen molar-refractivity contribution in [2.75, 3.05) is 0 Å². The van der Waals surface area contributed by atoms with Crippen molar-refractivity contribution < 1.29 is 18.0 Å². The zero-order valence-electron chi connectivity index (χ0n) is 13.8. The predicted molar refractivity (Wildman–Crippen MR) is 85.8 cm³/mol. The minimum atomic E-state index is -4.45. The number of halogens is 3. The van der Waals surface area contributed by atoms with Gasteiger partial charge in [-0.2, -0.15) is 13.2 Å². The van der Waals surface area contributed by atoms with Gasteiger partial charge in [-0.05, 0) is 39.3 Å². The summed E-state index contributed by atoms with van der Waals surface area (Å²) in [5, 5.41) is 10.4. The molecule has 2 heterocycles. The number of amides is 1. The van der Waals surface area contributed by atoms with Crippen LogP contribution in [-0.2, 0) is 11.0 Å². The number of fused-ring (bicyclic) bond motifs is 1. The molecule has 0 bridgehead atoms. The molecule has 0 fully saturated rings. The average molecular weight is 360 g/mol. The van der Waals surface area contributed by atoms with E-state index in [2.05, 4.69) is 15.5 Å². The molecule has 0 aliphatic rings. The third-order valence-electron chi connectivity index (χ3n) is 3.70. The van der Waals surface area contributed by atoms with Gasteiger partial charge in [0, 0.05) is 11.7 Å². The van der Waals surface area contributed by atoms with Gasteiger partial charge in [0.05, 0.1) is 10.8 Å². The van der Waals surface area contributed by atoms with E-state index < -0.39 is 17.0 Å². The Labute approximate surface area is 142 Å².